The van der Waals surface area contributed by atoms with Crippen molar-refractivity contribution < 1.29 is 19.4 Å². The molecular weight excluding hydrogens is 246 g/mol. The highest BCUT2D eigenvalue weighted by atomic mass is 16.7. The summed E-state index contributed by atoms with van der Waals surface area (Å²) in [6, 6.07) is 4.09. The summed E-state index contributed by atoms with van der Waals surface area (Å²) in [4.78, 5) is 11.0. The number of carbonyl (C=O) groups is 1. The normalized spacial score (nSPS) is 24.7. The molecule has 3 rings (SSSR count). The minimum atomic E-state index is -0.728. The van der Waals surface area contributed by atoms with Crippen molar-refractivity contribution >= 4 is 5.97 Å². The number of hydrogen-bond acceptors (Lipinski definition) is 4. The van der Waals surface area contributed by atoms with Gasteiger partial charge in [-0.05, 0) is 36.1 Å². The summed E-state index contributed by atoms with van der Waals surface area (Å²) in [5, 5.41) is 12.4. The molecule has 2 atom stereocenters. The molecule has 1 saturated heterocycles. The molecule has 19 heavy (non-hydrogen) atoms. The SMILES string of the molecule is CCc1cc2c(cc1C1CC(C(=O)O)CN1)OCO2. The number of hydrogen-bond donors (Lipinski definition) is 2. The van der Waals surface area contributed by atoms with Crippen LogP contribution in [0.15, 0.2) is 12.1 Å². The van der Waals surface area contributed by atoms with Gasteiger partial charge < -0.3 is 19.9 Å². The molecule has 0 bridgehead atoms. The number of rotatable bonds is 3. The molecule has 2 N–H and O–H groups in total. The van der Waals surface area contributed by atoms with Gasteiger partial charge in [-0.15, -0.1) is 0 Å². The number of carboxylic acids is 1. The Morgan fingerprint density at radius 2 is 2.16 bits per heavy atom. The molecule has 0 amide bonds. The van der Waals surface area contributed by atoms with Crippen molar-refractivity contribution in [3.63, 3.8) is 0 Å². The van der Waals surface area contributed by atoms with Crippen LogP contribution in [0.4, 0.5) is 0 Å². The number of carboxylic acid groups (broad SMARTS) is 1. The van der Waals surface area contributed by atoms with Crippen LogP contribution < -0.4 is 14.8 Å². The number of ether oxygens (including phenoxy) is 2. The fourth-order valence-corrected chi connectivity index (χ4v) is 2.79. The Morgan fingerprint density at radius 3 is 2.79 bits per heavy atom. The number of aryl methyl sites for hydroxylation is 1. The van der Waals surface area contributed by atoms with Gasteiger partial charge >= 0.3 is 5.97 Å². The Hall–Kier alpha value is -1.75. The van der Waals surface area contributed by atoms with Gasteiger partial charge in [-0.3, -0.25) is 4.79 Å². The lowest BCUT2D eigenvalue weighted by atomic mass is 9.94. The molecule has 0 saturated carbocycles. The van der Waals surface area contributed by atoms with E-state index in [4.69, 9.17) is 14.6 Å². The Kier molecular flexibility index (Phi) is 3.06. The van der Waals surface area contributed by atoms with Crippen LogP contribution in [-0.2, 0) is 11.2 Å². The number of nitrogens with one attached hydrogen (secondary N) is 1. The molecule has 2 unspecified atom stereocenters. The molecule has 0 aromatic heterocycles. The van der Waals surface area contributed by atoms with Gasteiger partial charge in [-0.2, -0.15) is 0 Å². The van der Waals surface area contributed by atoms with Gasteiger partial charge in [-0.1, -0.05) is 6.92 Å². The summed E-state index contributed by atoms with van der Waals surface area (Å²) in [5.74, 6) is 0.509. The molecule has 1 fully saturated rings. The zero-order valence-electron chi connectivity index (χ0n) is 10.8. The van der Waals surface area contributed by atoms with E-state index >= 15 is 0 Å². The molecule has 2 heterocycles. The van der Waals surface area contributed by atoms with Crippen molar-refractivity contribution in [1.29, 1.82) is 0 Å². The molecule has 0 spiro atoms. The van der Waals surface area contributed by atoms with Gasteiger partial charge in [0.25, 0.3) is 0 Å². The quantitative estimate of drug-likeness (QED) is 0.869. The average molecular weight is 263 g/mol. The first-order valence-corrected chi connectivity index (χ1v) is 6.57. The lowest BCUT2D eigenvalue weighted by Gasteiger charge is -2.16. The van der Waals surface area contributed by atoms with E-state index in [1.54, 1.807) is 0 Å². The van der Waals surface area contributed by atoms with Crippen LogP contribution in [0.2, 0.25) is 0 Å². The summed E-state index contributed by atoms with van der Waals surface area (Å²) in [6.45, 7) is 2.88. The summed E-state index contributed by atoms with van der Waals surface area (Å²) >= 11 is 0. The van der Waals surface area contributed by atoms with Crippen molar-refractivity contribution in [3.05, 3.63) is 23.3 Å². The highest BCUT2D eigenvalue weighted by Gasteiger charge is 2.32. The standard InChI is InChI=1S/C14H17NO4/c1-2-8-4-12-13(19-7-18-12)5-10(8)11-3-9(6-15-11)14(16)17/h4-5,9,11,15H,2-3,6-7H2,1H3,(H,16,17). The first-order chi connectivity index (χ1) is 9.19. The summed E-state index contributed by atoms with van der Waals surface area (Å²) < 4.78 is 10.8. The highest BCUT2D eigenvalue weighted by molar-refractivity contribution is 5.71. The van der Waals surface area contributed by atoms with Crippen LogP contribution in [0.25, 0.3) is 0 Å². The van der Waals surface area contributed by atoms with Gasteiger partial charge in [0.1, 0.15) is 0 Å². The third-order valence-corrected chi connectivity index (χ3v) is 3.87. The molecule has 2 aliphatic heterocycles. The first-order valence-electron chi connectivity index (χ1n) is 6.57. The van der Waals surface area contributed by atoms with E-state index < -0.39 is 5.97 Å². The van der Waals surface area contributed by atoms with E-state index in [0.29, 0.717) is 13.0 Å². The van der Waals surface area contributed by atoms with Crippen LogP contribution in [0.3, 0.4) is 0 Å². The molecule has 0 aliphatic carbocycles. The molecule has 1 aromatic carbocycles. The van der Waals surface area contributed by atoms with E-state index in [9.17, 15) is 4.79 Å². The second kappa shape index (κ2) is 4.74. The second-order valence-corrected chi connectivity index (χ2v) is 4.99. The summed E-state index contributed by atoms with van der Waals surface area (Å²) in [7, 11) is 0. The van der Waals surface area contributed by atoms with Crippen LogP contribution >= 0.6 is 0 Å². The van der Waals surface area contributed by atoms with Crippen LogP contribution in [0, 0.1) is 5.92 Å². The number of benzene rings is 1. The van der Waals surface area contributed by atoms with E-state index in [2.05, 4.69) is 12.2 Å². The van der Waals surface area contributed by atoms with Crippen molar-refractivity contribution in [1.82, 2.24) is 5.32 Å². The smallest absolute Gasteiger partial charge is 0.307 e. The molecule has 102 valence electrons. The van der Waals surface area contributed by atoms with E-state index in [1.165, 1.54) is 5.56 Å². The lowest BCUT2D eigenvalue weighted by Crippen LogP contribution is -2.17. The fraction of sp³-hybridized carbons (Fsp3) is 0.500. The second-order valence-electron chi connectivity index (χ2n) is 4.99. The molecule has 2 aliphatic rings. The first kappa shape index (κ1) is 12.3. The van der Waals surface area contributed by atoms with E-state index in [-0.39, 0.29) is 18.8 Å². The summed E-state index contributed by atoms with van der Waals surface area (Å²) in [5.41, 5.74) is 2.32. The van der Waals surface area contributed by atoms with Crippen LogP contribution in [-0.4, -0.2) is 24.4 Å². The van der Waals surface area contributed by atoms with Gasteiger partial charge in [0.2, 0.25) is 6.79 Å². The fourth-order valence-electron chi connectivity index (χ4n) is 2.79. The maximum atomic E-state index is 11.0. The molecular formula is C14H17NO4. The zero-order chi connectivity index (χ0) is 13.4. The predicted octanol–water partition coefficient (Wildman–Crippen LogP) is 1.71. The van der Waals surface area contributed by atoms with Crippen LogP contribution in [0.1, 0.15) is 30.5 Å². The zero-order valence-corrected chi connectivity index (χ0v) is 10.8. The monoisotopic (exact) mass is 263 g/mol. The number of fused-ring (bicyclic) bond motifs is 1. The van der Waals surface area contributed by atoms with Crippen LogP contribution in [0.5, 0.6) is 11.5 Å². The minimum Gasteiger partial charge on any atom is -0.481 e. The summed E-state index contributed by atoms with van der Waals surface area (Å²) in [6.07, 6.45) is 1.52. The highest BCUT2D eigenvalue weighted by Crippen LogP contribution is 2.39. The molecule has 5 heteroatoms. The van der Waals surface area contributed by atoms with Crippen molar-refractivity contribution in [2.45, 2.75) is 25.8 Å². The molecule has 1 aromatic rings. The Morgan fingerprint density at radius 1 is 1.42 bits per heavy atom. The maximum absolute atomic E-state index is 11.0. The van der Waals surface area contributed by atoms with Gasteiger partial charge in [-0.25, -0.2) is 0 Å². The predicted molar refractivity (Wildman–Crippen MR) is 68.4 cm³/mol. The largest absolute Gasteiger partial charge is 0.481 e. The van der Waals surface area contributed by atoms with Gasteiger partial charge in [0, 0.05) is 12.6 Å². The molecule has 5 nitrogen and oxygen atoms in total. The third-order valence-electron chi connectivity index (χ3n) is 3.87. The minimum absolute atomic E-state index is 0.0885. The van der Waals surface area contributed by atoms with Gasteiger partial charge in [0.05, 0.1) is 5.92 Å². The lowest BCUT2D eigenvalue weighted by molar-refractivity contribution is -0.141. The topological polar surface area (TPSA) is 67.8 Å². The van der Waals surface area contributed by atoms with E-state index in [0.717, 1.165) is 23.5 Å². The number of aliphatic carboxylic acids is 1. The Labute approximate surface area is 111 Å². The average Bonchev–Trinajstić information content (AvgIpc) is 3.05. The van der Waals surface area contributed by atoms with Crippen molar-refractivity contribution in [2.75, 3.05) is 13.3 Å². The van der Waals surface area contributed by atoms with Gasteiger partial charge in [0.15, 0.2) is 11.5 Å². The Balaban J connectivity index is 1.90. The third kappa shape index (κ3) is 2.14. The maximum Gasteiger partial charge on any atom is 0.307 e. The van der Waals surface area contributed by atoms with E-state index in [1.807, 2.05) is 12.1 Å². The van der Waals surface area contributed by atoms with Crippen molar-refractivity contribution in [2.24, 2.45) is 5.92 Å². The van der Waals surface area contributed by atoms with Crippen molar-refractivity contribution in [3.8, 4) is 11.5 Å². The molecule has 0 radical (unpaired) electrons. The Bertz CT molecular complexity index is 514.